The summed E-state index contributed by atoms with van der Waals surface area (Å²) in [5.41, 5.74) is 2.52. The number of likely N-dealkylation sites (N-methyl/N-ethyl adjacent to an activating group) is 1. The molecule has 2 aromatic rings. The van der Waals surface area contributed by atoms with E-state index in [0.29, 0.717) is 6.61 Å². The van der Waals surface area contributed by atoms with Crippen molar-refractivity contribution in [1.82, 2.24) is 4.90 Å². The molecule has 0 aliphatic carbocycles. The van der Waals surface area contributed by atoms with E-state index < -0.39 is 0 Å². The standard InChI is InChI=1S/C18H20ClNO2S/c1-3-20-10-9-12-14(19)5-6-16-18(12)13(11-20)15(23-16)7-8-17(21)22-4-2/h5-8H,3-4,9-11H2,1-2H3. The zero-order valence-electron chi connectivity index (χ0n) is 13.4. The van der Waals surface area contributed by atoms with Gasteiger partial charge in [0.2, 0.25) is 0 Å². The minimum Gasteiger partial charge on any atom is -0.463 e. The van der Waals surface area contributed by atoms with E-state index in [4.69, 9.17) is 16.3 Å². The van der Waals surface area contributed by atoms with E-state index in [2.05, 4.69) is 17.9 Å². The van der Waals surface area contributed by atoms with E-state index in [1.54, 1.807) is 11.3 Å². The summed E-state index contributed by atoms with van der Waals surface area (Å²) in [7, 11) is 0. The SMILES string of the molecule is CCOC(=O)C=Cc1sc2ccc(Cl)c3c2c1CN(CC)CC3. The highest BCUT2D eigenvalue weighted by Crippen LogP contribution is 2.40. The molecule has 2 heterocycles. The first-order chi connectivity index (χ1) is 11.1. The van der Waals surface area contributed by atoms with Crippen LogP contribution in [0, 0.1) is 0 Å². The van der Waals surface area contributed by atoms with Gasteiger partial charge in [0.1, 0.15) is 0 Å². The second-order valence-electron chi connectivity index (χ2n) is 5.55. The molecular formula is C18H20ClNO2S. The van der Waals surface area contributed by atoms with E-state index >= 15 is 0 Å². The van der Waals surface area contributed by atoms with E-state index in [0.717, 1.165) is 36.0 Å². The predicted octanol–water partition coefficient (Wildman–Crippen LogP) is 4.51. The summed E-state index contributed by atoms with van der Waals surface area (Å²) in [6, 6.07) is 4.07. The molecule has 3 rings (SSSR count). The van der Waals surface area contributed by atoms with Gasteiger partial charge in [-0.2, -0.15) is 0 Å². The monoisotopic (exact) mass is 349 g/mol. The number of hydrogen-bond acceptors (Lipinski definition) is 4. The van der Waals surface area contributed by atoms with Gasteiger partial charge < -0.3 is 4.74 Å². The highest BCUT2D eigenvalue weighted by molar-refractivity contribution is 7.20. The largest absolute Gasteiger partial charge is 0.463 e. The molecule has 0 fully saturated rings. The maximum atomic E-state index is 11.6. The number of nitrogens with zero attached hydrogens (tertiary/aromatic N) is 1. The number of hydrogen-bond donors (Lipinski definition) is 0. The van der Waals surface area contributed by atoms with Crippen molar-refractivity contribution in [2.75, 3.05) is 19.7 Å². The molecule has 0 saturated carbocycles. The summed E-state index contributed by atoms with van der Waals surface area (Å²) in [4.78, 5) is 15.2. The summed E-state index contributed by atoms with van der Waals surface area (Å²) in [6.45, 7) is 7.29. The van der Waals surface area contributed by atoms with Gasteiger partial charge in [0, 0.05) is 39.2 Å². The zero-order chi connectivity index (χ0) is 16.4. The number of thiophene rings is 1. The number of ether oxygens (including phenoxy) is 1. The van der Waals surface area contributed by atoms with Crippen LogP contribution in [0.2, 0.25) is 5.02 Å². The molecule has 23 heavy (non-hydrogen) atoms. The first kappa shape index (κ1) is 16.5. The Morgan fingerprint density at radius 2 is 2.22 bits per heavy atom. The number of carbonyl (C=O) groups is 1. The fourth-order valence-electron chi connectivity index (χ4n) is 3.03. The van der Waals surface area contributed by atoms with Crippen LogP contribution in [0.4, 0.5) is 0 Å². The first-order valence-corrected chi connectivity index (χ1v) is 9.13. The van der Waals surface area contributed by atoms with Crippen molar-refractivity contribution < 1.29 is 9.53 Å². The second-order valence-corrected chi connectivity index (χ2v) is 7.04. The molecule has 1 aliphatic heterocycles. The molecule has 0 atom stereocenters. The van der Waals surface area contributed by atoms with Gasteiger partial charge in [-0.25, -0.2) is 4.79 Å². The molecule has 5 heteroatoms. The van der Waals surface area contributed by atoms with Crippen molar-refractivity contribution in [3.8, 4) is 0 Å². The number of halogens is 1. The maximum Gasteiger partial charge on any atom is 0.330 e. The maximum absolute atomic E-state index is 11.6. The van der Waals surface area contributed by atoms with Gasteiger partial charge in [0.25, 0.3) is 0 Å². The number of esters is 1. The third-order valence-corrected chi connectivity index (χ3v) is 5.72. The van der Waals surface area contributed by atoms with Crippen LogP contribution in [0.5, 0.6) is 0 Å². The summed E-state index contributed by atoms with van der Waals surface area (Å²) in [5, 5.41) is 2.12. The highest BCUT2D eigenvalue weighted by Gasteiger charge is 2.21. The fourth-order valence-corrected chi connectivity index (χ4v) is 4.43. The molecular weight excluding hydrogens is 330 g/mol. The van der Waals surface area contributed by atoms with Crippen LogP contribution in [0.15, 0.2) is 18.2 Å². The lowest BCUT2D eigenvalue weighted by atomic mass is 10.0. The minimum absolute atomic E-state index is 0.295. The van der Waals surface area contributed by atoms with Crippen LogP contribution in [0.1, 0.15) is 29.9 Å². The van der Waals surface area contributed by atoms with E-state index in [9.17, 15) is 4.79 Å². The Kier molecular flexibility index (Phi) is 5.05. The van der Waals surface area contributed by atoms with Crippen LogP contribution in [0.3, 0.4) is 0 Å². The Bertz CT molecular complexity index is 766. The van der Waals surface area contributed by atoms with Gasteiger partial charge in [-0.05, 0) is 49.2 Å². The van der Waals surface area contributed by atoms with E-state index in [1.165, 1.54) is 27.3 Å². The Hall–Kier alpha value is -1.36. The fraction of sp³-hybridized carbons (Fsp3) is 0.389. The van der Waals surface area contributed by atoms with Crippen LogP contribution in [-0.4, -0.2) is 30.6 Å². The Balaban J connectivity index is 2.09. The van der Waals surface area contributed by atoms with Crippen LogP contribution in [0.25, 0.3) is 16.2 Å². The van der Waals surface area contributed by atoms with Crippen molar-refractivity contribution in [2.45, 2.75) is 26.8 Å². The van der Waals surface area contributed by atoms with Crippen LogP contribution >= 0.6 is 22.9 Å². The molecule has 122 valence electrons. The first-order valence-electron chi connectivity index (χ1n) is 7.94. The Morgan fingerprint density at radius 1 is 1.39 bits per heavy atom. The Labute approximate surface area is 145 Å². The normalized spacial score (nSPS) is 15.3. The van der Waals surface area contributed by atoms with Gasteiger partial charge in [0.05, 0.1) is 6.61 Å². The van der Waals surface area contributed by atoms with Crippen molar-refractivity contribution in [1.29, 1.82) is 0 Å². The van der Waals surface area contributed by atoms with Crippen LogP contribution < -0.4 is 0 Å². The lowest BCUT2D eigenvalue weighted by Gasteiger charge is -2.17. The van der Waals surface area contributed by atoms with Crippen molar-refractivity contribution in [3.05, 3.63) is 39.2 Å². The van der Waals surface area contributed by atoms with E-state index in [-0.39, 0.29) is 5.97 Å². The summed E-state index contributed by atoms with van der Waals surface area (Å²) < 4.78 is 6.22. The van der Waals surface area contributed by atoms with Crippen molar-refractivity contribution in [3.63, 3.8) is 0 Å². The van der Waals surface area contributed by atoms with Gasteiger partial charge in [-0.1, -0.05) is 18.5 Å². The lowest BCUT2D eigenvalue weighted by molar-refractivity contribution is -0.137. The molecule has 0 N–H and O–H groups in total. The molecule has 0 radical (unpaired) electrons. The summed E-state index contributed by atoms with van der Waals surface area (Å²) >= 11 is 8.16. The van der Waals surface area contributed by atoms with Gasteiger partial charge in [-0.15, -0.1) is 11.3 Å². The number of carbonyl (C=O) groups excluding carboxylic acids is 1. The molecule has 1 aromatic carbocycles. The topological polar surface area (TPSA) is 29.5 Å². The second kappa shape index (κ2) is 7.04. The zero-order valence-corrected chi connectivity index (χ0v) is 15.0. The molecule has 0 saturated heterocycles. The average molecular weight is 350 g/mol. The number of rotatable bonds is 4. The average Bonchev–Trinajstić information content (AvgIpc) is 2.75. The van der Waals surface area contributed by atoms with E-state index in [1.807, 2.05) is 19.1 Å². The lowest BCUT2D eigenvalue weighted by Crippen LogP contribution is -2.23. The molecule has 1 aromatic heterocycles. The summed E-state index contributed by atoms with van der Waals surface area (Å²) in [6.07, 6.45) is 4.37. The molecule has 0 amide bonds. The third kappa shape index (κ3) is 3.30. The smallest absolute Gasteiger partial charge is 0.330 e. The molecule has 0 unspecified atom stereocenters. The molecule has 0 bridgehead atoms. The van der Waals surface area contributed by atoms with Gasteiger partial charge in [-0.3, -0.25) is 4.90 Å². The quantitative estimate of drug-likeness (QED) is 0.601. The Morgan fingerprint density at radius 3 is 2.96 bits per heavy atom. The summed E-state index contributed by atoms with van der Waals surface area (Å²) in [5.74, 6) is -0.295. The van der Waals surface area contributed by atoms with Crippen LogP contribution in [-0.2, 0) is 22.5 Å². The molecule has 0 spiro atoms. The van der Waals surface area contributed by atoms with Crippen molar-refractivity contribution in [2.24, 2.45) is 0 Å². The van der Waals surface area contributed by atoms with Gasteiger partial charge in [0.15, 0.2) is 0 Å². The minimum atomic E-state index is -0.295. The van der Waals surface area contributed by atoms with Gasteiger partial charge >= 0.3 is 5.97 Å². The predicted molar refractivity (Wildman–Crippen MR) is 97.2 cm³/mol. The molecule has 3 nitrogen and oxygen atoms in total. The molecule has 1 aliphatic rings. The number of benzene rings is 1. The highest BCUT2D eigenvalue weighted by atomic mass is 35.5. The van der Waals surface area contributed by atoms with Crippen molar-refractivity contribution >= 4 is 45.1 Å². The third-order valence-electron chi connectivity index (χ3n) is 4.20.